The van der Waals surface area contributed by atoms with Crippen LogP contribution in [0.25, 0.3) is 0 Å². The second-order valence-corrected chi connectivity index (χ2v) is 5.06. The molecule has 2 rings (SSSR count). The largest absolute Gasteiger partial charge is 0.497 e. The second kappa shape index (κ2) is 6.97. The third-order valence-corrected chi connectivity index (χ3v) is 3.42. The van der Waals surface area contributed by atoms with Crippen molar-refractivity contribution in [2.24, 2.45) is 0 Å². The van der Waals surface area contributed by atoms with Crippen molar-refractivity contribution >= 4 is 5.91 Å². The van der Waals surface area contributed by atoms with Gasteiger partial charge < -0.3 is 14.5 Å². The molecule has 1 aromatic heterocycles. The topological polar surface area (TPSA) is 51.5 Å². The Labute approximate surface area is 125 Å². The van der Waals surface area contributed by atoms with E-state index < -0.39 is 0 Å². The highest BCUT2D eigenvalue weighted by Gasteiger charge is 2.07. The molecular weight excluding hydrogens is 266 g/mol. The number of amides is 1. The van der Waals surface area contributed by atoms with Crippen LogP contribution in [0.4, 0.5) is 0 Å². The number of methoxy groups -OCH3 is 1. The van der Waals surface area contributed by atoms with Crippen LogP contribution in [-0.4, -0.2) is 13.0 Å². The number of benzene rings is 1. The molecule has 0 saturated heterocycles. The zero-order valence-electron chi connectivity index (χ0n) is 12.7. The van der Waals surface area contributed by atoms with Crippen molar-refractivity contribution in [3.8, 4) is 5.75 Å². The predicted molar refractivity (Wildman–Crippen MR) is 81.3 cm³/mol. The molecule has 1 heterocycles. The lowest BCUT2D eigenvalue weighted by atomic mass is 10.1. The van der Waals surface area contributed by atoms with Gasteiger partial charge >= 0.3 is 0 Å². The molecule has 1 aromatic carbocycles. The summed E-state index contributed by atoms with van der Waals surface area (Å²) in [7, 11) is 1.64. The van der Waals surface area contributed by atoms with Crippen molar-refractivity contribution in [1.29, 1.82) is 0 Å². The maximum absolute atomic E-state index is 11.9. The Hall–Kier alpha value is -2.23. The minimum Gasteiger partial charge on any atom is -0.497 e. The van der Waals surface area contributed by atoms with E-state index in [0.717, 1.165) is 34.8 Å². The summed E-state index contributed by atoms with van der Waals surface area (Å²) in [5.41, 5.74) is 2.16. The maximum atomic E-state index is 11.9. The number of rotatable bonds is 6. The zero-order valence-corrected chi connectivity index (χ0v) is 12.7. The van der Waals surface area contributed by atoms with Crippen LogP contribution in [0, 0.1) is 13.8 Å². The molecule has 0 bridgehead atoms. The van der Waals surface area contributed by atoms with Gasteiger partial charge in [0.2, 0.25) is 5.91 Å². The van der Waals surface area contributed by atoms with Gasteiger partial charge in [0.15, 0.2) is 0 Å². The number of nitrogens with one attached hydrogen (secondary N) is 1. The first kappa shape index (κ1) is 15.2. The summed E-state index contributed by atoms with van der Waals surface area (Å²) in [6.07, 6.45) is 1.20. The molecule has 0 aliphatic carbocycles. The fourth-order valence-corrected chi connectivity index (χ4v) is 2.19. The number of carbonyl (C=O) groups excluding carboxylic acids is 1. The van der Waals surface area contributed by atoms with Crippen LogP contribution in [0.15, 0.2) is 34.7 Å². The van der Waals surface area contributed by atoms with E-state index in [4.69, 9.17) is 9.15 Å². The van der Waals surface area contributed by atoms with Crippen LogP contribution in [-0.2, 0) is 17.8 Å². The lowest BCUT2D eigenvalue weighted by molar-refractivity contribution is -0.121. The van der Waals surface area contributed by atoms with Gasteiger partial charge in [-0.1, -0.05) is 12.1 Å². The molecular formula is C17H21NO3. The molecule has 0 spiro atoms. The van der Waals surface area contributed by atoms with Crippen molar-refractivity contribution < 1.29 is 13.9 Å². The number of furan rings is 1. The molecule has 1 N–H and O–H groups in total. The summed E-state index contributed by atoms with van der Waals surface area (Å²) in [4.78, 5) is 11.9. The van der Waals surface area contributed by atoms with Gasteiger partial charge in [-0.15, -0.1) is 0 Å². The average Bonchev–Trinajstić information content (AvgIpc) is 2.81. The molecule has 21 heavy (non-hydrogen) atoms. The molecule has 0 radical (unpaired) electrons. The first-order chi connectivity index (χ1) is 10.1. The predicted octanol–water partition coefficient (Wildman–Crippen LogP) is 3.15. The van der Waals surface area contributed by atoms with E-state index in [2.05, 4.69) is 5.32 Å². The van der Waals surface area contributed by atoms with Crippen LogP contribution in [0.2, 0.25) is 0 Å². The molecule has 0 atom stereocenters. The highest BCUT2D eigenvalue weighted by atomic mass is 16.5. The monoisotopic (exact) mass is 287 g/mol. The fraction of sp³-hybridized carbons (Fsp3) is 0.353. The van der Waals surface area contributed by atoms with Gasteiger partial charge in [0, 0.05) is 18.5 Å². The summed E-state index contributed by atoms with van der Waals surface area (Å²) in [6, 6.07) is 9.74. The Balaban J connectivity index is 1.78. The fourth-order valence-electron chi connectivity index (χ4n) is 2.19. The maximum Gasteiger partial charge on any atom is 0.220 e. The van der Waals surface area contributed by atoms with Gasteiger partial charge in [0.25, 0.3) is 0 Å². The molecule has 4 heteroatoms. The Bertz CT molecular complexity index is 599. The Morgan fingerprint density at radius 3 is 2.52 bits per heavy atom. The average molecular weight is 287 g/mol. The van der Waals surface area contributed by atoms with E-state index in [1.54, 1.807) is 7.11 Å². The van der Waals surface area contributed by atoms with Gasteiger partial charge in [0.1, 0.15) is 17.3 Å². The highest BCUT2D eigenvalue weighted by Crippen LogP contribution is 2.14. The van der Waals surface area contributed by atoms with Crippen LogP contribution in [0.3, 0.4) is 0 Å². The summed E-state index contributed by atoms with van der Waals surface area (Å²) in [5.74, 6) is 2.61. The second-order valence-electron chi connectivity index (χ2n) is 5.06. The molecule has 0 unspecified atom stereocenters. The standard InChI is InChI=1S/C17H21NO3/c1-12-10-15(13(2)21-12)11-18-17(19)9-6-14-4-7-16(20-3)8-5-14/h4-5,7-8,10H,6,9,11H2,1-3H3,(H,18,19). The molecule has 112 valence electrons. The SMILES string of the molecule is COc1ccc(CCC(=O)NCc2cc(C)oc2C)cc1. The molecule has 1 amide bonds. The lowest BCUT2D eigenvalue weighted by Crippen LogP contribution is -2.23. The molecule has 0 saturated carbocycles. The van der Waals surface area contributed by atoms with Gasteiger partial charge in [0.05, 0.1) is 7.11 Å². The Kier molecular flexibility index (Phi) is 5.04. The third kappa shape index (κ3) is 4.38. The van der Waals surface area contributed by atoms with Gasteiger partial charge in [-0.05, 0) is 44.0 Å². The first-order valence-corrected chi connectivity index (χ1v) is 7.04. The van der Waals surface area contributed by atoms with E-state index in [1.165, 1.54) is 0 Å². The van der Waals surface area contributed by atoms with Crippen molar-refractivity contribution in [2.45, 2.75) is 33.2 Å². The van der Waals surface area contributed by atoms with E-state index in [9.17, 15) is 4.79 Å². The van der Waals surface area contributed by atoms with Gasteiger partial charge in [-0.3, -0.25) is 4.79 Å². The number of hydrogen-bond donors (Lipinski definition) is 1. The highest BCUT2D eigenvalue weighted by molar-refractivity contribution is 5.76. The normalized spacial score (nSPS) is 10.4. The molecule has 2 aromatic rings. The molecule has 0 fully saturated rings. The van der Waals surface area contributed by atoms with Crippen LogP contribution < -0.4 is 10.1 Å². The van der Waals surface area contributed by atoms with Gasteiger partial charge in [-0.25, -0.2) is 0 Å². The van der Waals surface area contributed by atoms with E-state index in [-0.39, 0.29) is 5.91 Å². The lowest BCUT2D eigenvalue weighted by Gasteiger charge is -2.05. The van der Waals surface area contributed by atoms with E-state index in [1.807, 2.05) is 44.2 Å². The summed E-state index contributed by atoms with van der Waals surface area (Å²) in [5, 5.41) is 2.92. The Morgan fingerprint density at radius 2 is 1.95 bits per heavy atom. The number of aryl methyl sites for hydroxylation is 3. The first-order valence-electron chi connectivity index (χ1n) is 7.04. The summed E-state index contributed by atoms with van der Waals surface area (Å²) < 4.78 is 10.5. The molecule has 0 aliphatic rings. The van der Waals surface area contributed by atoms with Crippen LogP contribution in [0.5, 0.6) is 5.75 Å². The van der Waals surface area contributed by atoms with Crippen molar-refractivity contribution in [3.63, 3.8) is 0 Å². The quantitative estimate of drug-likeness (QED) is 0.888. The number of hydrogen-bond acceptors (Lipinski definition) is 3. The van der Waals surface area contributed by atoms with E-state index in [0.29, 0.717) is 13.0 Å². The third-order valence-electron chi connectivity index (χ3n) is 3.42. The van der Waals surface area contributed by atoms with Crippen LogP contribution >= 0.6 is 0 Å². The minimum atomic E-state index is 0.0454. The summed E-state index contributed by atoms with van der Waals surface area (Å²) in [6.45, 7) is 4.33. The van der Waals surface area contributed by atoms with Crippen molar-refractivity contribution in [2.75, 3.05) is 7.11 Å². The van der Waals surface area contributed by atoms with Crippen LogP contribution in [0.1, 0.15) is 29.1 Å². The zero-order chi connectivity index (χ0) is 15.2. The molecule has 4 nitrogen and oxygen atoms in total. The van der Waals surface area contributed by atoms with Crippen molar-refractivity contribution in [3.05, 3.63) is 53.0 Å². The van der Waals surface area contributed by atoms with Gasteiger partial charge in [-0.2, -0.15) is 0 Å². The smallest absolute Gasteiger partial charge is 0.220 e. The van der Waals surface area contributed by atoms with Crippen molar-refractivity contribution in [1.82, 2.24) is 5.32 Å². The minimum absolute atomic E-state index is 0.0454. The summed E-state index contributed by atoms with van der Waals surface area (Å²) >= 11 is 0. The number of ether oxygens (including phenoxy) is 1. The molecule has 0 aliphatic heterocycles. The number of carbonyl (C=O) groups is 1. The Morgan fingerprint density at radius 1 is 1.24 bits per heavy atom. The van der Waals surface area contributed by atoms with E-state index >= 15 is 0 Å².